The molecule has 0 spiro atoms. The van der Waals surface area contributed by atoms with Crippen LogP contribution in [0.15, 0.2) is 69.7 Å². The molecule has 2 amide bonds. The van der Waals surface area contributed by atoms with E-state index in [4.69, 9.17) is 14.2 Å². The maximum atomic E-state index is 13.5. The minimum Gasteiger partial charge on any atom is -0.493 e. The van der Waals surface area contributed by atoms with Crippen LogP contribution in [0.1, 0.15) is 25.5 Å². The van der Waals surface area contributed by atoms with Gasteiger partial charge in [0.05, 0.1) is 37.0 Å². The summed E-state index contributed by atoms with van der Waals surface area (Å²) < 4.78 is 29.5. The first-order valence-electron chi connectivity index (χ1n) is 11.3. The summed E-state index contributed by atoms with van der Waals surface area (Å²) in [4.78, 5) is 45.4. The second-order valence-corrected chi connectivity index (χ2v) is 8.89. The second kappa shape index (κ2) is 10.9. The molecule has 0 fully saturated rings. The van der Waals surface area contributed by atoms with Gasteiger partial charge in [-0.05, 0) is 55.9 Å². The van der Waals surface area contributed by atoms with Gasteiger partial charge in [0.2, 0.25) is 0 Å². The first kappa shape index (κ1) is 26.0. The molecule has 2 aliphatic rings. The van der Waals surface area contributed by atoms with Crippen LogP contribution in [0, 0.1) is 5.82 Å². The van der Waals surface area contributed by atoms with Crippen LogP contribution in [0.2, 0.25) is 0 Å². The normalized spacial score (nSPS) is 16.9. The molecule has 0 unspecified atom stereocenters. The Morgan fingerprint density at radius 1 is 1.14 bits per heavy atom. The molecule has 0 aliphatic carbocycles. The van der Waals surface area contributed by atoms with Gasteiger partial charge in [-0.25, -0.2) is 14.2 Å². The zero-order chi connectivity index (χ0) is 26.7. The lowest BCUT2D eigenvalue weighted by atomic mass is 9.93. The molecule has 0 saturated heterocycles. The van der Waals surface area contributed by atoms with Crippen molar-refractivity contribution in [2.24, 2.45) is 4.99 Å². The molecule has 0 bridgehead atoms. The molecule has 0 radical (unpaired) electrons. The highest BCUT2D eigenvalue weighted by atomic mass is 32.2. The summed E-state index contributed by atoms with van der Waals surface area (Å²) in [6.45, 7) is 3.45. The van der Waals surface area contributed by atoms with Gasteiger partial charge in [0, 0.05) is 17.3 Å². The highest BCUT2D eigenvalue weighted by molar-refractivity contribution is 8.18. The van der Waals surface area contributed by atoms with E-state index in [0.29, 0.717) is 28.4 Å². The van der Waals surface area contributed by atoms with E-state index in [1.807, 2.05) is 0 Å². The van der Waals surface area contributed by atoms with Crippen molar-refractivity contribution in [3.05, 3.63) is 76.1 Å². The Kier molecular flexibility index (Phi) is 7.63. The summed E-state index contributed by atoms with van der Waals surface area (Å²) in [5.74, 6) is -1.43. The Morgan fingerprint density at radius 2 is 1.86 bits per heavy atom. The summed E-state index contributed by atoms with van der Waals surface area (Å²) in [6.07, 6.45) is 1.17. The standard InChI is InChI=1S/C26H24FN3O6S/c1-5-36-25(33)21-14(2)28-26-30(22(21)17-7-6-8-18(34-3)23(17)35-4)20(31)13-19(37-26)24(32)29-16-11-9-15(27)10-12-16/h6-13,22H,5H2,1-4H3,(H,29,32)/t22-/m0/s1. The average molecular weight is 526 g/mol. The van der Waals surface area contributed by atoms with E-state index in [9.17, 15) is 18.8 Å². The van der Waals surface area contributed by atoms with Gasteiger partial charge in [-0.2, -0.15) is 0 Å². The minimum atomic E-state index is -0.949. The zero-order valence-electron chi connectivity index (χ0n) is 20.5. The van der Waals surface area contributed by atoms with Crippen LogP contribution in [0.5, 0.6) is 11.5 Å². The number of halogens is 1. The molecule has 9 nitrogen and oxygen atoms in total. The highest BCUT2D eigenvalue weighted by Crippen LogP contribution is 2.46. The fourth-order valence-corrected chi connectivity index (χ4v) is 5.00. The molecular weight excluding hydrogens is 501 g/mol. The Balaban J connectivity index is 1.78. The zero-order valence-corrected chi connectivity index (χ0v) is 21.3. The number of carbonyl (C=O) groups is 3. The number of benzene rings is 2. The van der Waals surface area contributed by atoms with Crippen LogP contribution in [0.3, 0.4) is 0 Å². The van der Waals surface area contributed by atoms with E-state index < -0.39 is 29.6 Å². The number of nitrogens with one attached hydrogen (secondary N) is 1. The lowest BCUT2D eigenvalue weighted by Gasteiger charge is -2.38. The summed E-state index contributed by atoms with van der Waals surface area (Å²) in [5.41, 5.74) is 1.35. The number of fused-ring (bicyclic) bond motifs is 1. The van der Waals surface area contributed by atoms with Crippen molar-refractivity contribution in [3.8, 4) is 11.5 Å². The molecule has 2 aromatic rings. The van der Waals surface area contributed by atoms with Gasteiger partial charge < -0.3 is 19.5 Å². The van der Waals surface area contributed by atoms with Crippen LogP contribution in [-0.4, -0.2) is 48.7 Å². The Labute approximate surface area is 217 Å². The summed E-state index contributed by atoms with van der Waals surface area (Å²) in [6, 6.07) is 9.45. The molecule has 4 rings (SSSR count). The van der Waals surface area contributed by atoms with Gasteiger partial charge >= 0.3 is 5.97 Å². The van der Waals surface area contributed by atoms with Crippen LogP contribution in [0.4, 0.5) is 10.1 Å². The number of carbonyl (C=O) groups excluding carboxylic acids is 3. The number of thioether (sulfide) groups is 1. The fourth-order valence-electron chi connectivity index (χ4n) is 4.03. The molecule has 2 heterocycles. The van der Waals surface area contributed by atoms with E-state index in [1.54, 1.807) is 32.0 Å². The van der Waals surface area contributed by atoms with E-state index in [0.717, 1.165) is 11.8 Å². The van der Waals surface area contributed by atoms with Gasteiger partial charge in [0.15, 0.2) is 16.7 Å². The molecule has 2 aromatic carbocycles. The van der Waals surface area contributed by atoms with Crippen molar-refractivity contribution in [3.63, 3.8) is 0 Å². The van der Waals surface area contributed by atoms with Crippen LogP contribution in [-0.2, 0) is 19.1 Å². The topological polar surface area (TPSA) is 107 Å². The van der Waals surface area contributed by atoms with E-state index in [-0.39, 0.29) is 22.3 Å². The van der Waals surface area contributed by atoms with Crippen molar-refractivity contribution < 1.29 is 33.0 Å². The molecule has 1 N–H and O–H groups in total. The van der Waals surface area contributed by atoms with Crippen LogP contribution < -0.4 is 14.8 Å². The molecule has 37 heavy (non-hydrogen) atoms. The Bertz CT molecular complexity index is 1350. The number of allylic oxidation sites excluding steroid dienone is 1. The molecule has 0 aromatic heterocycles. The van der Waals surface area contributed by atoms with Crippen LogP contribution >= 0.6 is 11.8 Å². The predicted octanol–water partition coefficient (Wildman–Crippen LogP) is 4.19. The van der Waals surface area contributed by atoms with Crippen LogP contribution in [0.25, 0.3) is 0 Å². The first-order valence-corrected chi connectivity index (χ1v) is 12.1. The van der Waals surface area contributed by atoms with Crippen molar-refractivity contribution in [2.75, 3.05) is 26.1 Å². The summed E-state index contributed by atoms with van der Waals surface area (Å²) in [7, 11) is 2.95. The number of ether oxygens (including phenoxy) is 3. The SMILES string of the molecule is CCOC(=O)C1=C(C)N=C2SC(C(=O)Nc3ccc(F)cc3)=CC(=O)N2[C@H]1c1cccc(OC)c1OC. The average Bonchev–Trinajstić information content (AvgIpc) is 2.88. The highest BCUT2D eigenvalue weighted by Gasteiger charge is 2.44. The minimum absolute atomic E-state index is 0.0908. The fraction of sp³-hybridized carbons (Fsp3) is 0.231. The number of aliphatic imine (C=N–C) groups is 1. The van der Waals surface area contributed by atoms with E-state index in [1.165, 1.54) is 49.5 Å². The number of amides is 2. The van der Waals surface area contributed by atoms with Gasteiger partial charge in [0.1, 0.15) is 11.9 Å². The van der Waals surface area contributed by atoms with Crippen molar-refractivity contribution in [1.29, 1.82) is 0 Å². The molecular formula is C26H24FN3O6S. The van der Waals surface area contributed by atoms with Gasteiger partial charge in [0.25, 0.3) is 11.8 Å². The molecule has 1 atom stereocenters. The van der Waals surface area contributed by atoms with Crippen molar-refractivity contribution in [2.45, 2.75) is 19.9 Å². The first-order chi connectivity index (χ1) is 17.8. The molecule has 11 heteroatoms. The largest absolute Gasteiger partial charge is 0.493 e. The Morgan fingerprint density at radius 3 is 2.51 bits per heavy atom. The third-order valence-electron chi connectivity index (χ3n) is 5.63. The van der Waals surface area contributed by atoms with E-state index >= 15 is 0 Å². The lowest BCUT2D eigenvalue weighted by molar-refractivity contribution is -0.139. The summed E-state index contributed by atoms with van der Waals surface area (Å²) >= 11 is 0.974. The van der Waals surface area contributed by atoms with Crippen molar-refractivity contribution in [1.82, 2.24) is 4.90 Å². The number of amidine groups is 1. The number of esters is 1. The van der Waals surface area contributed by atoms with Gasteiger partial charge in [-0.1, -0.05) is 12.1 Å². The molecule has 2 aliphatic heterocycles. The van der Waals surface area contributed by atoms with Crippen molar-refractivity contribution >= 4 is 40.4 Å². The smallest absolute Gasteiger partial charge is 0.338 e. The number of para-hydroxylation sites is 1. The Hall–Kier alpha value is -4.12. The predicted molar refractivity (Wildman–Crippen MR) is 137 cm³/mol. The van der Waals surface area contributed by atoms with Gasteiger partial charge in [-0.15, -0.1) is 0 Å². The number of anilines is 1. The number of nitrogens with zero attached hydrogens (tertiary/aromatic N) is 2. The molecule has 192 valence electrons. The third-order valence-corrected chi connectivity index (χ3v) is 6.63. The van der Waals surface area contributed by atoms with E-state index in [2.05, 4.69) is 10.3 Å². The maximum absolute atomic E-state index is 13.5. The number of hydrogen-bond donors (Lipinski definition) is 1. The third kappa shape index (κ3) is 5.08. The lowest BCUT2D eigenvalue weighted by Crippen LogP contribution is -2.45. The van der Waals surface area contributed by atoms with Gasteiger partial charge in [-0.3, -0.25) is 14.5 Å². The molecule has 0 saturated carbocycles. The second-order valence-electron chi connectivity index (χ2n) is 7.88. The maximum Gasteiger partial charge on any atom is 0.338 e. The summed E-state index contributed by atoms with van der Waals surface area (Å²) in [5, 5.41) is 2.85. The number of methoxy groups -OCH3 is 2. The number of rotatable bonds is 7. The number of hydrogen-bond acceptors (Lipinski definition) is 8. The quantitative estimate of drug-likeness (QED) is 0.541. The monoisotopic (exact) mass is 525 g/mol.